The molecule has 32 heavy (non-hydrogen) atoms. The summed E-state index contributed by atoms with van der Waals surface area (Å²) in [7, 11) is 1.47. The molecule has 2 aliphatic rings. The molecule has 2 heterocycles. The summed E-state index contributed by atoms with van der Waals surface area (Å²) in [5.41, 5.74) is 0.941. The molecule has 2 aromatic rings. The predicted octanol–water partition coefficient (Wildman–Crippen LogP) is 4.24. The van der Waals surface area contributed by atoms with Gasteiger partial charge in [0.05, 0.1) is 24.8 Å². The lowest BCUT2D eigenvalue weighted by molar-refractivity contribution is -0.142. The van der Waals surface area contributed by atoms with Gasteiger partial charge in [-0.05, 0) is 50.1 Å². The van der Waals surface area contributed by atoms with Crippen LogP contribution in [-0.2, 0) is 14.9 Å². The highest BCUT2D eigenvalue weighted by Crippen LogP contribution is 2.56. The van der Waals surface area contributed by atoms with Gasteiger partial charge >= 0.3 is 5.97 Å². The van der Waals surface area contributed by atoms with E-state index in [-0.39, 0.29) is 23.4 Å². The van der Waals surface area contributed by atoms with E-state index < -0.39 is 11.1 Å². The van der Waals surface area contributed by atoms with E-state index in [4.69, 9.17) is 14.2 Å². The lowest BCUT2D eigenvalue weighted by Gasteiger charge is -2.47. The average molecular weight is 439 g/mol. The van der Waals surface area contributed by atoms with Crippen molar-refractivity contribution in [3.05, 3.63) is 58.8 Å². The summed E-state index contributed by atoms with van der Waals surface area (Å²) in [6.07, 6.45) is 4.45. The van der Waals surface area contributed by atoms with Gasteiger partial charge in [0.15, 0.2) is 11.5 Å². The molecule has 2 aliphatic heterocycles. The number of nitrogens with zero attached hydrogens (tertiary/aromatic N) is 2. The number of anilines is 2. The van der Waals surface area contributed by atoms with E-state index in [1.54, 1.807) is 0 Å². The number of hydrogen-bond donors (Lipinski definition) is 1. The maximum atomic E-state index is 12.7. The van der Waals surface area contributed by atoms with Gasteiger partial charge in [0, 0.05) is 17.3 Å². The molecule has 0 radical (unpaired) electrons. The van der Waals surface area contributed by atoms with Crippen LogP contribution in [0.15, 0.2) is 42.5 Å². The number of methoxy groups -OCH3 is 1. The third kappa shape index (κ3) is 3.27. The Bertz CT molecular complexity index is 1060. The molecule has 1 spiro atoms. The molecule has 0 bridgehead atoms. The SMILES string of the molecule is CCCOC(=O)CN1c2ccccc2C(C)(C)C12C=Cc1cc(N([O-])O)cc(OC)c1O2. The van der Waals surface area contributed by atoms with E-state index >= 15 is 0 Å². The quantitative estimate of drug-likeness (QED) is 0.528. The monoisotopic (exact) mass is 439 g/mol. The molecule has 170 valence electrons. The van der Waals surface area contributed by atoms with Crippen LogP contribution < -0.4 is 19.6 Å². The second kappa shape index (κ2) is 8.03. The standard InChI is InChI=1S/C24H27N2O6/c1-5-12-31-21(27)15-25-19-9-7-6-8-18(19)23(2,3)24(25)11-10-16-13-17(26(28)29)14-20(30-4)22(16)32-24/h6-11,13-14,28H,5,12,15H2,1-4H3/q-1. The summed E-state index contributed by atoms with van der Waals surface area (Å²) in [5, 5.41) is 20.6. The highest BCUT2D eigenvalue weighted by Gasteiger charge is 2.59. The van der Waals surface area contributed by atoms with Crippen LogP contribution in [0.5, 0.6) is 11.5 Å². The second-order valence-electron chi connectivity index (χ2n) is 8.42. The molecule has 0 saturated heterocycles. The Morgan fingerprint density at radius 3 is 2.72 bits per heavy atom. The van der Waals surface area contributed by atoms with Crippen molar-refractivity contribution in [3.63, 3.8) is 0 Å². The van der Waals surface area contributed by atoms with Crippen LogP contribution in [0, 0.1) is 5.21 Å². The summed E-state index contributed by atoms with van der Waals surface area (Å²) >= 11 is 0. The molecule has 1 atom stereocenters. The lowest BCUT2D eigenvalue weighted by atomic mass is 9.76. The highest BCUT2D eigenvalue weighted by atomic mass is 16.8. The number of benzene rings is 2. The smallest absolute Gasteiger partial charge is 0.325 e. The van der Waals surface area contributed by atoms with Crippen LogP contribution >= 0.6 is 0 Å². The Morgan fingerprint density at radius 1 is 1.28 bits per heavy atom. The van der Waals surface area contributed by atoms with Gasteiger partial charge < -0.3 is 29.5 Å². The van der Waals surface area contributed by atoms with Crippen molar-refractivity contribution in [2.24, 2.45) is 0 Å². The Balaban J connectivity index is 1.84. The van der Waals surface area contributed by atoms with Crippen molar-refractivity contribution in [3.8, 4) is 11.5 Å². The van der Waals surface area contributed by atoms with Crippen LogP contribution in [0.2, 0.25) is 0 Å². The van der Waals surface area contributed by atoms with Gasteiger partial charge in [-0.15, -0.1) is 0 Å². The Morgan fingerprint density at radius 2 is 2.03 bits per heavy atom. The number of esters is 1. The molecule has 1 unspecified atom stereocenters. The largest absolute Gasteiger partial charge is 0.733 e. The van der Waals surface area contributed by atoms with Crippen molar-refractivity contribution >= 4 is 23.4 Å². The first-order valence-corrected chi connectivity index (χ1v) is 10.5. The molecule has 0 amide bonds. The first-order valence-electron chi connectivity index (χ1n) is 10.5. The number of carbonyl (C=O) groups excluding carboxylic acids is 1. The molecule has 8 heteroatoms. The van der Waals surface area contributed by atoms with E-state index in [0.29, 0.717) is 23.7 Å². The number of carbonyl (C=O) groups is 1. The molecule has 1 N–H and O–H groups in total. The predicted molar refractivity (Wildman–Crippen MR) is 121 cm³/mol. The molecule has 0 aliphatic carbocycles. The molecule has 2 aromatic carbocycles. The van der Waals surface area contributed by atoms with Gasteiger partial charge in [0.25, 0.3) is 0 Å². The summed E-state index contributed by atoms with van der Waals surface area (Å²) in [5.74, 6) is 0.385. The van der Waals surface area contributed by atoms with Crippen LogP contribution in [-0.4, -0.2) is 37.2 Å². The van der Waals surface area contributed by atoms with Crippen molar-refractivity contribution in [2.45, 2.75) is 38.3 Å². The lowest BCUT2D eigenvalue weighted by Crippen LogP contribution is -2.60. The minimum Gasteiger partial charge on any atom is -0.733 e. The molecular weight excluding hydrogens is 412 g/mol. The molecule has 0 fully saturated rings. The first-order chi connectivity index (χ1) is 15.2. The van der Waals surface area contributed by atoms with E-state index in [2.05, 4.69) is 13.8 Å². The molecule has 0 saturated carbocycles. The summed E-state index contributed by atoms with van der Waals surface area (Å²) in [6, 6.07) is 10.8. The van der Waals surface area contributed by atoms with Crippen LogP contribution in [0.1, 0.15) is 38.3 Å². The van der Waals surface area contributed by atoms with E-state index in [1.165, 1.54) is 19.2 Å². The second-order valence-corrected chi connectivity index (χ2v) is 8.42. The van der Waals surface area contributed by atoms with E-state index in [0.717, 1.165) is 17.7 Å². The fraction of sp³-hybridized carbons (Fsp3) is 0.375. The van der Waals surface area contributed by atoms with Crippen molar-refractivity contribution in [2.75, 3.05) is 30.4 Å². The van der Waals surface area contributed by atoms with Crippen molar-refractivity contribution in [1.82, 2.24) is 0 Å². The number of para-hydroxylation sites is 1. The van der Waals surface area contributed by atoms with Gasteiger partial charge in [0.1, 0.15) is 6.54 Å². The zero-order chi connectivity index (χ0) is 23.1. The molecule has 0 aromatic heterocycles. The normalized spacial score (nSPS) is 19.9. The van der Waals surface area contributed by atoms with Gasteiger partial charge in [-0.25, -0.2) is 0 Å². The molecule has 4 rings (SSSR count). The van der Waals surface area contributed by atoms with E-state index in [1.807, 2.05) is 48.2 Å². The average Bonchev–Trinajstić information content (AvgIpc) is 2.95. The Kier molecular flexibility index (Phi) is 5.52. The zero-order valence-corrected chi connectivity index (χ0v) is 18.6. The number of ether oxygens (including phenoxy) is 3. The van der Waals surface area contributed by atoms with Crippen LogP contribution in [0.25, 0.3) is 6.08 Å². The molecule has 8 nitrogen and oxygen atoms in total. The minimum absolute atomic E-state index is 0.00545. The third-order valence-corrected chi connectivity index (χ3v) is 6.17. The van der Waals surface area contributed by atoms with Gasteiger partial charge in [-0.3, -0.25) is 10.0 Å². The highest BCUT2D eigenvalue weighted by molar-refractivity contribution is 5.82. The zero-order valence-electron chi connectivity index (χ0n) is 18.6. The molecular formula is C24H27N2O6-. The van der Waals surface area contributed by atoms with Crippen LogP contribution in [0.3, 0.4) is 0 Å². The van der Waals surface area contributed by atoms with Gasteiger partial charge in [0.2, 0.25) is 5.72 Å². The number of hydrogen-bond acceptors (Lipinski definition) is 8. The summed E-state index contributed by atoms with van der Waals surface area (Å²) in [6.45, 7) is 6.43. The van der Waals surface area contributed by atoms with Crippen molar-refractivity contribution in [1.29, 1.82) is 0 Å². The maximum absolute atomic E-state index is 12.7. The fourth-order valence-electron chi connectivity index (χ4n) is 4.52. The maximum Gasteiger partial charge on any atom is 0.325 e. The first kappa shape index (κ1) is 22.0. The Labute approximate surface area is 187 Å². The topological polar surface area (TPSA) is 94.5 Å². The third-order valence-electron chi connectivity index (χ3n) is 6.17. The summed E-state index contributed by atoms with van der Waals surface area (Å²) in [4.78, 5) is 14.6. The number of rotatable bonds is 6. The van der Waals surface area contributed by atoms with Gasteiger partial charge in [-0.2, -0.15) is 0 Å². The number of fused-ring (bicyclic) bond motifs is 2. The van der Waals surface area contributed by atoms with E-state index in [9.17, 15) is 15.2 Å². The minimum atomic E-state index is -1.04. The van der Waals surface area contributed by atoms with Crippen molar-refractivity contribution < 1.29 is 24.2 Å². The van der Waals surface area contributed by atoms with Crippen LogP contribution in [0.4, 0.5) is 11.4 Å². The van der Waals surface area contributed by atoms with Gasteiger partial charge in [-0.1, -0.05) is 25.1 Å². The Hall–Kier alpha value is -3.23. The summed E-state index contributed by atoms with van der Waals surface area (Å²) < 4.78 is 17.5. The fourth-order valence-corrected chi connectivity index (χ4v) is 4.52.